The van der Waals surface area contributed by atoms with E-state index >= 15 is 0 Å². The van der Waals surface area contributed by atoms with Gasteiger partial charge in [-0.2, -0.15) is 0 Å². The maximum atomic E-state index is 12.4. The number of halogens is 1. The fraction of sp³-hybridized carbons (Fsp3) is 0. The van der Waals surface area contributed by atoms with E-state index in [0.717, 1.165) is 0 Å². The highest BCUT2D eigenvalue weighted by atomic mass is 35.5. The molecule has 0 saturated carbocycles. The topological polar surface area (TPSA) is 127 Å². The molecular weight excluding hydrogens is 418 g/mol. The van der Waals surface area contributed by atoms with E-state index in [9.17, 15) is 13.2 Å². The normalized spacial score (nSPS) is 11.3. The number of anilines is 2. The van der Waals surface area contributed by atoms with Crippen molar-refractivity contribution in [2.75, 3.05) is 10.0 Å². The minimum Gasteiger partial charge on any atom is -0.443 e. The predicted molar refractivity (Wildman–Crippen MR) is 106 cm³/mol. The molecule has 0 fully saturated rings. The first-order chi connectivity index (χ1) is 13.9. The van der Waals surface area contributed by atoms with Gasteiger partial charge in [0, 0.05) is 11.3 Å². The molecular formula is C18H12ClN5O4S. The van der Waals surface area contributed by atoms with Crippen molar-refractivity contribution >= 4 is 50.1 Å². The third kappa shape index (κ3) is 4.18. The number of hydrogen-bond donors (Lipinski definition) is 2. The molecule has 2 aromatic heterocycles. The van der Waals surface area contributed by atoms with Gasteiger partial charge in [0.05, 0.1) is 4.90 Å². The average molecular weight is 430 g/mol. The van der Waals surface area contributed by atoms with E-state index in [0.29, 0.717) is 22.4 Å². The monoisotopic (exact) mass is 429 g/mol. The Balaban J connectivity index is 1.48. The van der Waals surface area contributed by atoms with Gasteiger partial charge in [0.2, 0.25) is 0 Å². The van der Waals surface area contributed by atoms with Gasteiger partial charge in [0.25, 0.3) is 15.9 Å². The molecule has 0 atom stereocenters. The van der Waals surface area contributed by atoms with Crippen LogP contribution in [0.1, 0.15) is 10.4 Å². The number of benzene rings is 2. The van der Waals surface area contributed by atoms with Gasteiger partial charge >= 0.3 is 0 Å². The van der Waals surface area contributed by atoms with Gasteiger partial charge in [-0.25, -0.2) is 13.4 Å². The van der Waals surface area contributed by atoms with Crippen LogP contribution >= 0.6 is 11.6 Å². The van der Waals surface area contributed by atoms with Gasteiger partial charge in [-0.1, -0.05) is 11.6 Å². The molecule has 11 heteroatoms. The molecule has 0 radical (unpaired) electrons. The number of oxazole rings is 1. The number of amides is 1. The number of nitrogens with zero attached hydrogens (tertiary/aromatic N) is 3. The fourth-order valence-corrected chi connectivity index (χ4v) is 3.58. The van der Waals surface area contributed by atoms with Crippen molar-refractivity contribution in [1.82, 2.24) is 15.2 Å². The van der Waals surface area contributed by atoms with Gasteiger partial charge in [0.15, 0.2) is 22.9 Å². The van der Waals surface area contributed by atoms with E-state index in [-0.39, 0.29) is 21.8 Å². The lowest BCUT2D eigenvalue weighted by atomic mass is 10.2. The second-order valence-corrected chi connectivity index (χ2v) is 7.93. The first kappa shape index (κ1) is 18.8. The Morgan fingerprint density at radius 1 is 1.00 bits per heavy atom. The van der Waals surface area contributed by atoms with Crippen LogP contribution in [0.4, 0.5) is 11.5 Å². The summed E-state index contributed by atoms with van der Waals surface area (Å²) in [6.45, 7) is 0. The Bertz CT molecular complexity index is 1290. The van der Waals surface area contributed by atoms with E-state index < -0.39 is 10.0 Å². The molecule has 0 aliphatic heterocycles. The van der Waals surface area contributed by atoms with Crippen LogP contribution in [0.2, 0.25) is 5.15 Å². The molecule has 0 saturated heterocycles. The standard InChI is InChI=1S/C18H12ClN5O4S/c19-16-7-8-17(23-22-16)24-29(26,27)13-4-2-12(3-5-13)21-18(25)11-1-6-15-14(9-11)20-10-28-15/h1-10H,(H,21,25)(H,23,24). The van der Waals surface area contributed by atoms with E-state index in [1.165, 1.54) is 42.8 Å². The number of aromatic nitrogens is 3. The van der Waals surface area contributed by atoms with Crippen molar-refractivity contribution in [2.45, 2.75) is 4.90 Å². The summed E-state index contributed by atoms with van der Waals surface area (Å²) in [7, 11) is -3.87. The number of nitrogens with one attached hydrogen (secondary N) is 2. The maximum Gasteiger partial charge on any atom is 0.263 e. The molecule has 9 nitrogen and oxygen atoms in total. The zero-order valence-electron chi connectivity index (χ0n) is 14.5. The molecule has 1 amide bonds. The second-order valence-electron chi connectivity index (χ2n) is 5.86. The maximum absolute atomic E-state index is 12.4. The van der Waals surface area contributed by atoms with Crippen molar-refractivity contribution in [3.05, 3.63) is 71.7 Å². The smallest absolute Gasteiger partial charge is 0.263 e. The molecule has 0 aliphatic carbocycles. The zero-order valence-corrected chi connectivity index (χ0v) is 16.1. The van der Waals surface area contributed by atoms with Crippen LogP contribution < -0.4 is 10.0 Å². The van der Waals surface area contributed by atoms with Crippen LogP contribution in [-0.2, 0) is 10.0 Å². The number of carbonyl (C=O) groups excluding carboxylic acids is 1. The van der Waals surface area contributed by atoms with Crippen molar-refractivity contribution in [1.29, 1.82) is 0 Å². The minimum absolute atomic E-state index is 0.00346. The summed E-state index contributed by atoms with van der Waals surface area (Å²) in [6, 6.07) is 13.4. The SMILES string of the molecule is O=C(Nc1ccc(S(=O)(=O)Nc2ccc(Cl)nn2)cc1)c1ccc2ocnc2c1. The first-order valence-corrected chi connectivity index (χ1v) is 10.0. The van der Waals surface area contributed by atoms with Crippen molar-refractivity contribution in [2.24, 2.45) is 0 Å². The number of rotatable bonds is 5. The summed E-state index contributed by atoms with van der Waals surface area (Å²) in [6.07, 6.45) is 1.30. The first-order valence-electron chi connectivity index (χ1n) is 8.17. The predicted octanol–water partition coefficient (Wildman–Crippen LogP) is 3.32. The van der Waals surface area contributed by atoms with E-state index in [4.69, 9.17) is 16.0 Å². The zero-order chi connectivity index (χ0) is 20.4. The van der Waals surface area contributed by atoms with E-state index in [2.05, 4.69) is 25.2 Å². The fourth-order valence-electron chi connectivity index (χ4n) is 2.49. The van der Waals surface area contributed by atoms with Crippen LogP contribution in [0.3, 0.4) is 0 Å². The summed E-state index contributed by atoms with van der Waals surface area (Å²) in [4.78, 5) is 16.4. The van der Waals surface area contributed by atoms with Crippen molar-refractivity contribution < 1.29 is 17.6 Å². The van der Waals surface area contributed by atoms with Crippen molar-refractivity contribution in [3.8, 4) is 0 Å². The molecule has 4 rings (SSSR count). The van der Waals surface area contributed by atoms with Gasteiger partial charge in [-0.05, 0) is 54.6 Å². The molecule has 0 spiro atoms. The summed E-state index contributed by atoms with van der Waals surface area (Å²) < 4.78 is 32.3. The van der Waals surface area contributed by atoms with Crippen LogP contribution in [0, 0.1) is 0 Å². The average Bonchev–Trinajstić information content (AvgIpc) is 3.18. The largest absolute Gasteiger partial charge is 0.443 e. The third-order valence-electron chi connectivity index (χ3n) is 3.89. The Kier molecular flexibility index (Phi) is 4.87. The molecule has 146 valence electrons. The molecule has 29 heavy (non-hydrogen) atoms. The van der Waals surface area contributed by atoms with Crippen LogP contribution in [0.25, 0.3) is 11.1 Å². The number of hydrogen-bond acceptors (Lipinski definition) is 7. The minimum atomic E-state index is -3.87. The Labute approximate surface area is 169 Å². The quantitative estimate of drug-likeness (QED) is 0.498. The lowest BCUT2D eigenvalue weighted by Gasteiger charge is -2.09. The summed E-state index contributed by atoms with van der Waals surface area (Å²) in [5, 5.41) is 10.1. The molecule has 0 aliphatic rings. The highest BCUT2D eigenvalue weighted by molar-refractivity contribution is 7.92. The van der Waals surface area contributed by atoms with Crippen LogP contribution in [0.15, 0.2) is 70.3 Å². The third-order valence-corrected chi connectivity index (χ3v) is 5.46. The lowest BCUT2D eigenvalue weighted by molar-refractivity contribution is 0.102. The van der Waals surface area contributed by atoms with Crippen LogP contribution in [0.5, 0.6) is 0 Å². The summed E-state index contributed by atoms with van der Waals surface area (Å²) in [5.74, 6) is -0.324. The molecule has 0 bridgehead atoms. The lowest BCUT2D eigenvalue weighted by Crippen LogP contribution is -2.15. The van der Waals surface area contributed by atoms with Gasteiger partial charge in [-0.15, -0.1) is 10.2 Å². The second kappa shape index (κ2) is 7.49. The van der Waals surface area contributed by atoms with Gasteiger partial charge < -0.3 is 9.73 Å². The summed E-state index contributed by atoms with van der Waals surface area (Å²) in [5.41, 5.74) is 1.97. The summed E-state index contributed by atoms with van der Waals surface area (Å²) >= 11 is 5.63. The Morgan fingerprint density at radius 2 is 1.79 bits per heavy atom. The molecule has 4 aromatic rings. The van der Waals surface area contributed by atoms with E-state index in [1.54, 1.807) is 18.2 Å². The molecule has 0 unspecified atom stereocenters. The number of carbonyl (C=O) groups is 1. The molecule has 2 heterocycles. The van der Waals surface area contributed by atoms with Gasteiger partial charge in [-0.3, -0.25) is 9.52 Å². The molecule has 2 N–H and O–H groups in total. The number of sulfonamides is 1. The Morgan fingerprint density at radius 3 is 2.52 bits per heavy atom. The number of fused-ring (bicyclic) bond motifs is 1. The van der Waals surface area contributed by atoms with Crippen molar-refractivity contribution in [3.63, 3.8) is 0 Å². The Hall–Kier alpha value is -3.50. The highest BCUT2D eigenvalue weighted by Crippen LogP contribution is 2.19. The van der Waals surface area contributed by atoms with E-state index in [1.807, 2.05) is 0 Å². The highest BCUT2D eigenvalue weighted by Gasteiger charge is 2.16. The van der Waals surface area contributed by atoms with Gasteiger partial charge in [0.1, 0.15) is 5.52 Å². The van der Waals surface area contributed by atoms with Crippen LogP contribution in [-0.4, -0.2) is 29.5 Å². The molecule has 2 aromatic carbocycles.